The SMILES string of the molecule is CCn1ncc2c3c(C)nnc(N4CCC(O)CC4)c3cnc21. The Morgan fingerprint density at radius 3 is 2.70 bits per heavy atom. The third kappa shape index (κ3) is 2.23. The van der Waals surface area contributed by atoms with Crippen LogP contribution in [-0.4, -0.2) is 49.3 Å². The lowest BCUT2D eigenvalue weighted by Crippen LogP contribution is -2.36. The van der Waals surface area contributed by atoms with Gasteiger partial charge in [-0.2, -0.15) is 10.2 Å². The van der Waals surface area contributed by atoms with Gasteiger partial charge in [-0.25, -0.2) is 9.67 Å². The summed E-state index contributed by atoms with van der Waals surface area (Å²) in [6, 6.07) is 0. The van der Waals surface area contributed by atoms with Crippen LogP contribution in [0.25, 0.3) is 21.8 Å². The fraction of sp³-hybridized carbons (Fsp3) is 0.500. The van der Waals surface area contributed by atoms with Crippen LogP contribution in [0.1, 0.15) is 25.5 Å². The van der Waals surface area contributed by atoms with Crippen LogP contribution in [0, 0.1) is 6.92 Å². The molecule has 4 heterocycles. The van der Waals surface area contributed by atoms with Crippen molar-refractivity contribution in [3.8, 4) is 0 Å². The predicted octanol–water partition coefficient (Wildman–Crippen LogP) is 1.66. The molecule has 7 nitrogen and oxygen atoms in total. The van der Waals surface area contributed by atoms with Crippen LogP contribution < -0.4 is 4.90 Å². The summed E-state index contributed by atoms with van der Waals surface area (Å²) in [7, 11) is 0. The number of rotatable bonds is 2. The molecule has 4 rings (SSSR count). The maximum absolute atomic E-state index is 9.72. The van der Waals surface area contributed by atoms with Crippen LogP contribution in [-0.2, 0) is 6.54 Å². The molecule has 23 heavy (non-hydrogen) atoms. The lowest BCUT2D eigenvalue weighted by molar-refractivity contribution is 0.145. The first-order valence-electron chi connectivity index (χ1n) is 8.09. The molecular weight excluding hydrogens is 292 g/mol. The Hall–Kier alpha value is -2.28. The molecule has 3 aromatic rings. The van der Waals surface area contributed by atoms with Gasteiger partial charge in [-0.15, -0.1) is 5.10 Å². The van der Waals surface area contributed by atoms with E-state index in [0.717, 1.165) is 65.8 Å². The van der Waals surface area contributed by atoms with Gasteiger partial charge < -0.3 is 10.0 Å². The van der Waals surface area contributed by atoms with Crippen LogP contribution in [0.5, 0.6) is 0 Å². The van der Waals surface area contributed by atoms with Crippen molar-refractivity contribution in [3.63, 3.8) is 0 Å². The van der Waals surface area contributed by atoms with E-state index >= 15 is 0 Å². The highest BCUT2D eigenvalue weighted by atomic mass is 16.3. The Kier molecular flexibility index (Phi) is 3.37. The van der Waals surface area contributed by atoms with E-state index in [4.69, 9.17) is 0 Å². The molecule has 1 aliphatic rings. The van der Waals surface area contributed by atoms with E-state index < -0.39 is 0 Å². The molecule has 1 N–H and O–H groups in total. The smallest absolute Gasteiger partial charge is 0.160 e. The zero-order valence-corrected chi connectivity index (χ0v) is 13.4. The molecule has 0 unspecified atom stereocenters. The Balaban J connectivity index is 1.92. The van der Waals surface area contributed by atoms with Crippen molar-refractivity contribution in [1.82, 2.24) is 25.0 Å². The molecule has 0 spiro atoms. The zero-order valence-electron chi connectivity index (χ0n) is 13.4. The van der Waals surface area contributed by atoms with Crippen molar-refractivity contribution in [3.05, 3.63) is 18.1 Å². The minimum atomic E-state index is -0.205. The van der Waals surface area contributed by atoms with E-state index in [9.17, 15) is 5.11 Å². The van der Waals surface area contributed by atoms with E-state index in [1.165, 1.54) is 0 Å². The zero-order chi connectivity index (χ0) is 16.0. The third-order valence-corrected chi connectivity index (χ3v) is 4.63. The summed E-state index contributed by atoms with van der Waals surface area (Å²) in [5.41, 5.74) is 1.78. The summed E-state index contributed by atoms with van der Waals surface area (Å²) in [6.45, 7) is 6.40. The monoisotopic (exact) mass is 312 g/mol. The third-order valence-electron chi connectivity index (χ3n) is 4.63. The average molecular weight is 312 g/mol. The van der Waals surface area contributed by atoms with Crippen LogP contribution in [0.15, 0.2) is 12.4 Å². The number of anilines is 1. The molecule has 1 saturated heterocycles. The van der Waals surface area contributed by atoms with E-state index in [1.54, 1.807) is 0 Å². The van der Waals surface area contributed by atoms with Crippen molar-refractivity contribution in [2.75, 3.05) is 18.0 Å². The van der Waals surface area contributed by atoms with Gasteiger partial charge in [-0.05, 0) is 26.7 Å². The van der Waals surface area contributed by atoms with Crippen LogP contribution >= 0.6 is 0 Å². The summed E-state index contributed by atoms with van der Waals surface area (Å²) in [5.74, 6) is 0.858. The molecule has 0 aromatic carbocycles. The number of nitrogens with zero attached hydrogens (tertiary/aromatic N) is 6. The van der Waals surface area contributed by atoms with Crippen molar-refractivity contribution < 1.29 is 5.11 Å². The first kappa shape index (κ1) is 14.3. The minimum Gasteiger partial charge on any atom is -0.393 e. The number of aryl methyl sites for hydroxylation is 2. The maximum atomic E-state index is 9.72. The highest BCUT2D eigenvalue weighted by molar-refractivity contribution is 6.09. The maximum Gasteiger partial charge on any atom is 0.160 e. The number of fused-ring (bicyclic) bond motifs is 3. The van der Waals surface area contributed by atoms with E-state index in [1.807, 2.05) is 24.0 Å². The molecule has 0 radical (unpaired) electrons. The second-order valence-corrected chi connectivity index (χ2v) is 6.07. The van der Waals surface area contributed by atoms with Gasteiger partial charge >= 0.3 is 0 Å². The Morgan fingerprint density at radius 2 is 1.96 bits per heavy atom. The summed E-state index contributed by atoms with van der Waals surface area (Å²) in [5, 5.41) is 26.0. The van der Waals surface area contributed by atoms with Crippen LogP contribution in [0.3, 0.4) is 0 Å². The Bertz CT molecular complexity index is 866. The van der Waals surface area contributed by atoms with Crippen molar-refractivity contribution in [1.29, 1.82) is 0 Å². The van der Waals surface area contributed by atoms with Gasteiger partial charge in [-0.3, -0.25) is 0 Å². The van der Waals surface area contributed by atoms with Gasteiger partial charge in [0.15, 0.2) is 11.5 Å². The molecule has 0 aliphatic carbocycles. The second kappa shape index (κ2) is 5.42. The molecule has 7 heteroatoms. The molecule has 1 aliphatic heterocycles. The van der Waals surface area contributed by atoms with Gasteiger partial charge in [-0.1, -0.05) is 0 Å². The van der Waals surface area contributed by atoms with Gasteiger partial charge in [0.1, 0.15) is 0 Å². The van der Waals surface area contributed by atoms with Crippen molar-refractivity contribution in [2.24, 2.45) is 0 Å². The molecular formula is C16H20N6O. The van der Waals surface area contributed by atoms with Crippen molar-refractivity contribution in [2.45, 2.75) is 39.3 Å². The highest BCUT2D eigenvalue weighted by Crippen LogP contribution is 2.31. The van der Waals surface area contributed by atoms with Gasteiger partial charge in [0.25, 0.3) is 0 Å². The molecule has 1 fully saturated rings. The molecule has 3 aromatic heterocycles. The number of hydrogen-bond donors (Lipinski definition) is 1. The Labute approximate surface area is 133 Å². The molecule has 0 saturated carbocycles. The summed E-state index contributed by atoms with van der Waals surface area (Å²) in [4.78, 5) is 6.80. The molecule has 0 bridgehead atoms. The first-order chi connectivity index (χ1) is 11.2. The first-order valence-corrected chi connectivity index (χ1v) is 8.09. The van der Waals surface area contributed by atoms with Gasteiger partial charge in [0.2, 0.25) is 0 Å². The Morgan fingerprint density at radius 1 is 1.17 bits per heavy atom. The number of pyridine rings is 1. The fourth-order valence-electron chi connectivity index (χ4n) is 3.35. The minimum absolute atomic E-state index is 0.205. The average Bonchev–Trinajstić information content (AvgIpc) is 2.99. The summed E-state index contributed by atoms with van der Waals surface area (Å²) in [6.07, 6.45) is 5.07. The molecule has 120 valence electrons. The fourth-order valence-corrected chi connectivity index (χ4v) is 3.35. The molecule has 0 amide bonds. The van der Waals surface area contributed by atoms with E-state index in [-0.39, 0.29) is 6.10 Å². The second-order valence-electron chi connectivity index (χ2n) is 6.07. The number of piperidine rings is 1. The number of aliphatic hydroxyl groups excluding tert-OH is 1. The lowest BCUT2D eigenvalue weighted by atomic mass is 10.1. The number of aliphatic hydroxyl groups is 1. The van der Waals surface area contributed by atoms with Crippen LogP contribution in [0.2, 0.25) is 0 Å². The van der Waals surface area contributed by atoms with Gasteiger partial charge in [0.05, 0.1) is 18.0 Å². The van der Waals surface area contributed by atoms with E-state index in [2.05, 4.69) is 32.1 Å². The number of hydrogen-bond acceptors (Lipinski definition) is 6. The summed E-state index contributed by atoms with van der Waals surface area (Å²) >= 11 is 0. The van der Waals surface area contributed by atoms with Crippen LogP contribution in [0.4, 0.5) is 5.82 Å². The lowest BCUT2D eigenvalue weighted by Gasteiger charge is -2.30. The van der Waals surface area contributed by atoms with Crippen molar-refractivity contribution >= 4 is 27.6 Å². The molecule has 0 atom stereocenters. The summed E-state index contributed by atoms with van der Waals surface area (Å²) < 4.78 is 1.89. The highest BCUT2D eigenvalue weighted by Gasteiger charge is 2.22. The number of aromatic nitrogens is 5. The normalized spacial score (nSPS) is 16.6. The standard InChI is InChI=1S/C16H20N6O/c1-3-22-15-13(9-18-22)14-10(2)19-20-16(12(14)8-17-15)21-6-4-11(23)5-7-21/h8-9,11,23H,3-7H2,1-2H3. The quantitative estimate of drug-likeness (QED) is 0.775. The van der Waals surface area contributed by atoms with E-state index in [0.29, 0.717) is 0 Å². The van der Waals surface area contributed by atoms with Gasteiger partial charge in [0, 0.05) is 42.0 Å². The topological polar surface area (TPSA) is 80.0 Å². The predicted molar refractivity (Wildman–Crippen MR) is 88.5 cm³/mol. The largest absolute Gasteiger partial charge is 0.393 e.